The first-order valence-corrected chi connectivity index (χ1v) is 10.6. The standard InChI is InChI=1S/C21H31N5S/c1-16-20(27-17(2)24-16)14-23-21(22-3)25(4)15-18-8-10-19(11-9-18)26-12-6-5-7-13-26/h8-11H,5-7,12-15H2,1-4H3,(H,22,23). The Hall–Kier alpha value is -2.08. The van der Waals surface area contributed by atoms with E-state index in [1.165, 1.54) is 48.5 Å². The van der Waals surface area contributed by atoms with E-state index in [1.807, 2.05) is 7.05 Å². The topological polar surface area (TPSA) is 43.8 Å². The molecular formula is C21H31N5S. The van der Waals surface area contributed by atoms with Crippen LogP contribution in [0.15, 0.2) is 29.3 Å². The largest absolute Gasteiger partial charge is 0.372 e. The lowest BCUT2D eigenvalue weighted by molar-refractivity contribution is 0.477. The van der Waals surface area contributed by atoms with E-state index in [2.05, 4.69) is 70.3 Å². The highest BCUT2D eigenvalue weighted by atomic mass is 32.1. The number of aryl methyl sites for hydroxylation is 2. The van der Waals surface area contributed by atoms with Crippen molar-refractivity contribution < 1.29 is 0 Å². The Balaban J connectivity index is 1.56. The third-order valence-corrected chi connectivity index (χ3v) is 6.13. The summed E-state index contributed by atoms with van der Waals surface area (Å²) in [5, 5.41) is 4.57. The normalized spacial score (nSPS) is 15.1. The third kappa shape index (κ3) is 5.22. The van der Waals surface area contributed by atoms with Crippen molar-refractivity contribution in [1.29, 1.82) is 0 Å². The molecule has 0 aliphatic carbocycles. The van der Waals surface area contributed by atoms with Gasteiger partial charge in [0.1, 0.15) is 0 Å². The van der Waals surface area contributed by atoms with Gasteiger partial charge in [-0.15, -0.1) is 11.3 Å². The maximum atomic E-state index is 4.50. The number of hydrogen-bond acceptors (Lipinski definition) is 4. The van der Waals surface area contributed by atoms with E-state index in [1.54, 1.807) is 11.3 Å². The van der Waals surface area contributed by atoms with Gasteiger partial charge >= 0.3 is 0 Å². The number of thiazole rings is 1. The highest BCUT2D eigenvalue weighted by molar-refractivity contribution is 7.11. The molecule has 146 valence electrons. The van der Waals surface area contributed by atoms with Gasteiger partial charge in [-0.05, 0) is 50.8 Å². The zero-order chi connectivity index (χ0) is 19.2. The monoisotopic (exact) mass is 385 g/mol. The van der Waals surface area contributed by atoms with Crippen LogP contribution in [0.5, 0.6) is 0 Å². The van der Waals surface area contributed by atoms with Gasteiger partial charge in [-0.3, -0.25) is 4.99 Å². The number of piperidine rings is 1. The lowest BCUT2D eigenvalue weighted by Crippen LogP contribution is -2.38. The maximum absolute atomic E-state index is 4.50. The zero-order valence-corrected chi connectivity index (χ0v) is 17.8. The summed E-state index contributed by atoms with van der Waals surface area (Å²) in [6.45, 7) is 8.09. The Morgan fingerprint density at radius 3 is 2.48 bits per heavy atom. The van der Waals surface area contributed by atoms with Crippen molar-refractivity contribution >= 4 is 23.0 Å². The first kappa shape index (κ1) is 19.7. The molecule has 2 heterocycles. The van der Waals surface area contributed by atoms with Gasteiger partial charge in [0.25, 0.3) is 0 Å². The van der Waals surface area contributed by atoms with Crippen molar-refractivity contribution in [3.8, 4) is 0 Å². The van der Waals surface area contributed by atoms with Crippen LogP contribution in [-0.4, -0.2) is 43.0 Å². The second-order valence-electron chi connectivity index (χ2n) is 7.21. The van der Waals surface area contributed by atoms with E-state index < -0.39 is 0 Å². The van der Waals surface area contributed by atoms with Gasteiger partial charge in [0.05, 0.1) is 17.2 Å². The Labute approximate surface area is 167 Å². The van der Waals surface area contributed by atoms with Crippen LogP contribution in [0, 0.1) is 13.8 Å². The Morgan fingerprint density at radius 1 is 1.19 bits per heavy atom. The summed E-state index contributed by atoms with van der Waals surface area (Å²) in [5.74, 6) is 0.903. The Kier molecular flexibility index (Phi) is 6.72. The van der Waals surface area contributed by atoms with Crippen LogP contribution in [0.1, 0.15) is 40.4 Å². The number of guanidine groups is 1. The minimum Gasteiger partial charge on any atom is -0.372 e. The van der Waals surface area contributed by atoms with Crippen molar-refractivity contribution in [2.45, 2.75) is 46.2 Å². The molecule has 0 spiro atoms. The number of aliphatic imine (C=N–C) groups is 1. The summed E-state index contributed by atoms with van der Waals surface area (Å²) in [6.07, 6.45) is 3.99. The lowest BCUT2D eigenvalue weighted by atomic mass is 10.1. The molecule has 1 aliphatic heterocycles. The van der Waals surface area contributed by atoms with Gasteiger partial charge in [-0.1, -0.05) is 12.1 Å². The minimum absolute atomic E-state index is 0.766. The van der Waals surface area contributed by atoms with Gasteiger partial charge in [-0.25, -0.2) is 4.98 Å². The molecule has 1 N–H and O–H groups in total. The highest BCUT2D eigenvalue weighted by Crippen LogP contribution is 2.21. The molecule has 1 fully saturated rings. The van der Waals surface area contributed by atoms with Crippen LogP contribution in [-0.2, 0) is 13.1 Å². The number of rotatable bonds is 5. The molecule has 0 bridgehead atoms. The second kappa shape index (κ2) is 9.22. The molecule has 3 rings (SSSR count). The van der Waals surface area contributed by atoms with E-state index in [4.69, 9.17) is 0 Å². The number of nitrogens with one attached hydrogen (secondary N) is 1. The quantitative estimate of drug-likeness (QED) is 0.625. The van der Waals surface area contributed by atoms with Crippen LogP contribution in [0.2, 0.25) is 0 Å². The Bertz CT molecular complexity index is 759. The van der Waals surface area contributed by atoms with E-state index in [9.17, 15) is 0 Å². The molecule has 0 amide bonds. The second-order valence-corrected chi connectivity index (χ2v) is 8.50. The third-order valence-electron chi connectivity index (χ3n) is 5.06. The van der Waals surface area contributed by atoms with E-state index in [0.29, 0.717) is 0 Å². The Morgan fingerprint density at radius 2 is 1.89 bits per heavy atom. The summed E-state index contributed by atoms with van der Waals surface area (Å²) in [6, 6.07) is 9.00. The average molecular weight is 386 g/mol. The molecule has 6 heteroatoms. The summed E-state index contributed by atoms with van der Waals surface area (Å²) >= 11 is 1.75. The molecule has 1 aliphatic rings. The fraction of sp³-hybridized carbons (Fsp3) is 0.524. The minimum atomic E-state index is 0.766. The van der Waals surface area contributed by atoms with Crippen molar-refractivity contribution in [3.63, 3.8) is 0 Å². The summed E-state index contributed by atoms with van der Waals surface area (Å²) in [5.41, 5.74) is 3.75. The highest BCUT2D eigenvalue weighted by Gasteiger charge is 2.12. The number of aromatic nitrogens is 1. The van der Waals surface area contributed by atoms with Gasteiger partial charge in [0, 0.05) is 44.3 Å². The molecule has 1 aromatic carbocycles. The lowest BCUT2D eigenvalue weighted by Gasteiger charge is -2.29. The summed E-state index contributed by atoms with van der Waals surface area (Å²) in [7, 11) is 3.92. The molecular weight excluding hydrogens is 354 g/mol. The van der Waals surface area contributed by atoms with Gasteiger partial charge in [0.15, 0.2) is 5.96 Å². The maximum Gasteiger partial charge on any atom is 0.193 e. The van der Waals surface area contributed by atoms with Gasteiger partial charge in [0.2, 0.25) is 0 Å². The van der Waals surface area contributed by atoms with Crippen LogP contribution in [0.25, 0.3) is 0 Å². The molecule has 0 saturated carbocycles. The first-order valence-electron chi connectivity index (χ1n) is 9.75. The van der Waals surface area contributed by atoms with Gasteiger partial charge < -0.3 is 15.1 Å². The van der Waals surface area contributed by atoms with E-state index in [-0.39, 0.29) is 0 Å². The van der Waals surface area contributed by atoms with Crippen LogP contribution < -0.4 is 10.2 Å². The molecule has 0 unspecified atom stereocenters. The summed E-state index contributed by atoms with van der Waals surface area (Å²) in [4.78, 5) is 14.9. The molecule has 27 heavy (non-hydrogen) atoms. The number of nitrogens with zero attached hydrogens (tertiary/aromatic N) is 4. The SMILES string of the molecule is CN=C(NCc1sc(C)nc1C)N(C)Cc1ccc(N2CCCCC2)cc1. The first-order chi connectivity index (χ1) is 13.1. The predicted octanol–water partition coefficient (Wildman–Crippen LogP) is 3.96. The zero-order valence-electron chi connectivity index (χ0n) is 17.0. The van der Waals surface area contributed by atoms with Crippen molar-refractivity contribution in [2.75, 3.05) is 32.1 Å². The number of hydrogen-bond donors (Lipinski definition) is 1. The average Bonchev–Trinajstić information content (AvgIpc) is 3.01. The molecule has 1 aromatic heterocycles. The molecule has 0 atom stereocenters. The van der Waals surface area contributed by atoms with Crippen LogP contribution >= 0.6 is 11.3 Å². The molecule has 5 nitrogen and oxygen atoms in total. The van der Waals surface area contributed by atoms with E-state index >= 15 is 0 Å². The van der Waals surface area contributed by atoms with E-state index in [0.717, 1.165) is 29.8 Å². The fourth-order valence-electron chi connectivity index (χ4n) is 3.59. The van der Waals surface area contributed by atoms with Crippen molar-refractivity contribution in [1.82, 2.24) is 15.2 Å². The van der Waals surface area contributed by atoms with Crippen LogP contribution in [0.4, 0.5) is 5.69 Å². The number of benzene rings is 1. The molecule has 1 saturated heterocycles. The predicted molar refractivity (Wildman–Crippen MR) is 116 cm³/mol. The number of anilines is 1. The fourth-order valence-corrected chi connectivity index (χ4v) is 4.47. The molecule has 2 aromatic rings. The van der Waals surface area contributed by atoms with Crippen molar-refractivity contribution in [2.24, 2.45) is 4.99 Å². The van der Waals surface area contributed by atoms with Crippen molar-refractivity contribution in [3.05, 3.63) is 45.4 Å². The summed E-state index contributed by atoms with van der Waals surface area (Å²) < 4.78 is 0. The van der Waals surface area contributed by atoms with Crippen LogP contribution in [0.3, 0.4) is 0 Å². The van der Waals surface area contributed by atoms with Gasteiger partial charge in [-0.2, -0.15) is 0 Å². The molecule has 0 radical (unpaired) electrons. The smallest absolute Gasteiger partial charge is 0.193 e.